The van der Waals surface area contributed by atoms with E-state index in [1.807, 2.05) is 0 Å². The standard InChI is InChI=1S/C22H20FN3O5S2/c1-29-17-10-13(11-18(30-2)20(17)31-3)4-9-19(28)24-21-25-26-22(33-21)32-12-16(27)14-5-7-15(23)8-6-14/h4-11H,12H2,1-3H3,(H,24,25,28). The average Bonchev–Trinajstić information content (AvgIpc) is 3.27. The van der Waals surface area contributed by atoms with Crippen molar-refractivity contribution in [1.82, 2.24) is 10.2 Å². The zero-order chi connectivity index (χ0) is 23.8. The number of rotatable bonds is 10. The first-order valence-electron chi connectivity index (χ1n) is 9.47. The molecule has 2 aromatic carbocycles. The smallest absolute Gasteiger partial charge is 0.250 e. The lowest BCUT2D eigenvalue weighted by molar-refractivity contribution is -0.111. The maximum absolute atomic E-state index is 13.0. The van der Waals surface area contributed by atoms with Crippen LogP contribution in [-0.4, -0.2) is 49.0 Å². The maximum Gasteiger partial charge on any atom is 0.250 e. The Balaban J connectivity index is 1.58. The SMILES string of the molecule is COc1cc(C=CC(=O)Nc2nnc(SCC(=O)c3ccc(F)cc3)s2)cc(OC)c1OC. The van der Waals surface area contributed by atoms with E-state index < -0.39 is 11.7 Å². The zero-order valence-electron chi connectivity index (χ0n) is 18.0. The van der Waals surface area contributed by atoms with Crippen LogP contribution in [0.15, 0.2) is 46.8 Å². The summed E-state index contributed by atoms with van der Waals surface area (Å²) in [5.74, 6) is 0.556. The number of halogens is 1. The van der Waals surface area contributed by atoms with Crippen LogP contribution in [0.5, 0.6) is 17.2 Å². The maximum atomic E-state index is 13.0. The molecular weight excluding hydrogens is 469 g/mol. The van der Waals surface area contributed by atoms with Gasteiger partial charge in [0.25, 0.3) is 0 Å². The van der Waals surface area contributed by atoms with E-state index in [4.69, 9.17) is 14.2 Å². The highest BCUT2D eigenvalue weighted by Gasteiger charge is 2.13. The number of ether oxygens (including phenoxy) is 3. The number of carbonyl (C=O) groups is 2. The lowest BCUT2D eigenvalue weighted by Crippen LogP contribution is -2.07. The molecule has 0 saturated carbocycles. The van der Waals surface area contributed by atoms with Crippen molar-refractivity contribution in [3.63, 3.8) is 0 Å². The second-order valence-corrected chi connectivity index (χ2v) is 8.57. The third-order valence-corrected chi connectivity index (χ3v) is 6.22. The van der Waals surface area contributed by atoms with E-state index in [9.17, 15) is 14.0 Å². The highest BCUT2D eigenvalue weighted by molar-refractivity contribution is 8.01. The minimum absolute atomic E-state index is 0.120. The van der Waals surface area contributed by atoms with Crippen molar-refractivity contribution in [2.24, 2.45) is 0 Å². The predicted octanol–water partition coefficient (Wildman–Crippen LogP) is 4.33. The Hall–Kier alpha value is -3.44. The molecule has 0 unspecified atom stereocenters. The summed E-state index contributed by atoms with van der Waals surface area (Å²) in [6.45, 7) is 0. The number of methoxy groups -OCH3 is 3. The molecule has 1 aromatic heterocycles. The van der Waals surface area contributed by atoms with Crippen LogP contribution in [0, 0.1) is 5.82 Å². The zero-order valence-corrected chi connectivity index (χ0v) is 19.6. The number of hydrogen-bond donors (Lipinski definition) is 1. The number of ketones is 1. The van der Waals surface area contributed by atoms with Gasteiger partial charge in [-0.05, 0) is 48.0 Å². The van der Waals surface area contributed by atoms with Gasteiger partial charge in [0.1, 0.15) is 5.82 Å². The Morgan fingerprint density at radius 3 is 2.33 bits per heavy atom. The van der Waals surface area contributed by atoms with Crippen molar-refractivity contribution in [1.29, 1.82) is 0 Å². The van der Waals surface area contributed by atoms with Crippen LogP contribution < -0.4 is 19.5 Å². The largest absolute Gasteiger partial charge is 0.493 e. The highest BCUT2D eigenvalue weighted by Crippen LogP contribution is 2.38. The van der Waals surface area contributed by atoms with E-state index in [0.717, 1.165) is 11.3 Å². The molecule has 0 spiro atoms. The molecule has 0 fully saturated rings. The summed E-state index contributed by atoms with van der Waals surface area (Å²) in [7, 11) is 4.53. The molecule has 8 nitrogen and oxygen atoms in total. The van der Waals surface area contributed by atoms with Gasteiger partial charge in [0, 0.05) is 11.6 Å². The summed E-state index contributed by atoms with van der Waals surface area (Å²) in [6, 6.07) is 8.77. The van der Waals surface area contributed by atoms with Crippen LogP contribution in [0.25, 0.3) is 6.08 Å². The van der Waals surface area contributed by atoms with Gasteiger partial charge in [0.05, 0.1) is 27.1 Å². The second kappa shape index (κ2) is 11.4. The fourth-order valence-electron chi connectivity index (χ4n) is 2.68. The summed E-state index contributed by atoms with van der Waals surface area (Å²) < 4.78 is 29.4. The highest BCUT2D eigenvalue weighted by atomic mass is 32.2. The van der Waals surface area contributed by atoms with Crippen LogP contribution in [0.4, 0.5) is 9.52 Å². The summed E-state index contributed by atoms with van der Waals surface area (Å²) >= 11 is 2.34. The predicted molar refractivity (Wildman–Crippen MR) is 125 cm³/mol. The molecule has 0 aliphatic rings. The minimum atomic E-state index is -0.404. The van der Waals surface area contributed by atoms with E-state index in [0.29, 0.717) is 37.8 Å². The van der Waals surface area contributed by atoms with Crippen LogP contribution >= 0.6 is 23.1 Å². The fourth-order valence-corrected chi connectivity index (χ4v) is 4.33. The minimum Gasteiger partial charge on any atom is -0.493 e. The number of Topliss-reactive ketones (excluding diaryl/α,β-unsaturated/α-hetero) is 1. The summed E-state index contributed by atoms with van der Waals surface area (Å²) in [5.41, 5.74) is 1.09. The van der Waals surface area contributed by atoms with Crippen molar-refractivity contribution < 1.29 is 28.2 Å². The number of benzene rings is 2. The number of amides is 1. The topological polar surface area (TPSA) is 99.6 Å². The summed E-state index contributed by atoms with van der Waals surface area (Å²) in [6.07, 6.45) is 2.94. The van der Waals surface area contributed by atoms with Gasteiger partial charge in [-0.25, -0.2) is 4.39 Å². The van der Waals surface area contributed by atoms with Crippen molar-refractivity contribution in [2.45, 2.75) is 4.34 Å². The van der Waals surface area contributed by atoms with Crippen molar-refractivity contribution in [3.05, 3.63) is 59.4 Å². The van der Waals surface area contributed by atoms with Crippen molar-refractivity contribution >= 4 is 46.0 Å². The molecule has 0 atom stereocenters. The van der Waals surface area contributed by atoms with Gasteiger partial charge in [-0.3, -0.25) is 14.9 Å². The Morgan fingerprint density at radius 1 is 1.06 bits per heavy atom. The molecule has 0 aliphatic carbocycles. The molecule has 0 bridgehead atoms. The number of carbonyl (C=O) groups excluding carboxylic acids is 2. The van der Waals surface area contributed by atoms with E-state index >= 15 is 0 Å². The molecule has 3 rings (SSSR count). The van der Waals surface area contributed by atoms with Crippen LogP contribution in [-0.2, 0) is 4.79 Å². The number of nitrogens with zero attached hydrogens (tertiary/aromatic N) is 2. The first-order chi connectivity index (χ1) is 15.9. The van der Waals surface area contributed by atoms with Gasteiger partial charge in [-0.1, -0.05) is 23.1 Å². The summed E-state index contributed by atoms with van der Waals surface area (Å²) in [5, 5.41) is 10.8. The van der Waals surface area contributed by atoms with Gasteiger partial charge in [0.2, 0.25) is 16.8 Å². The van der Waals surface area contributed by atoms with E-state index in [2.05, 4.69) is 15.5 Å². The third kappa shape index (κ3) is 6.53. The lowest BCUT2D eigenvalue weighted by Gasteiger charge is -2.12. The lowest BCUT2D eigenvalue weighted by atomic mass is 10.1. The Bertz CT molecular complexity index is 1140. The number of thioether (sulfide) groups is 1. The van der Waals surface area contributed by atoms with E-state index in [-0.39, 0.29) is 11.5 Å². The molecule has 0 saturated heterocycles. The first kappa shape index (κ1) is 24.2. The number of aromatic nitrogens is 2. The average molecular weight is 490 g/mol. The monoisotopic (exact) mass is 489 g/mol. The second-order valence-electron chi connectivity index (χ2n) is 6.37. The Labute approximate surface area is 197 Å². The Kier molecular flexibility index (Phi) is 8.39. The number of hydrogen-bond acceptors (Lipinski definition) is 9. The van der Waals surface area contributed by atoms with Gasteiger partial charge in [0.15, 0.2) is 21.6 Å². The molecule has 1 amide bonds. The number of nitrogens with one attached hydrogen (secondary N) is 1. The molecule has 172 valence electrons. The first-order valence-corrected chi connectivity index (χ1v) is 11.3. The van der Waals surface area contributed by atoms with Crippen molar-refractivity contribution in [2.75, 3.05) is 32.4 Å². The Morgan fingerprint density at radius 2 is 1.73 bits per heavy atom. The van der Waals surface area contributed by atoms with E-state index in [1.54, 1.807) is 18.2 Å². The summed E-state index contributed by atoms with van der Waals surface area (Å²) in [4.78, 5) is 24.4. The van der Waals surface area contributed by atoms with Crippen LogP contribution in [0.3, 0.4) is 0 Å². The molecular formula is C22H20FN3O5S2. The molecule has 1 heterocycles. The molecule has 11 heteroatoms. The normalized spacial score (nSPS) is 10.8. The van der Waals surface area contributed by atoms with Gasteiger partial charge in [-0.15, -0.1) is 10.2 Å². The van der Waals surface area contributed by atoms with Crippen molar-refractivity contribution in [3.8, 4) is 17.2 Å². The van der Waals surface area contributed by atoms with Gasteiger partial charge < -0.3 is 14.2 Å². The third-order valence-electron chi connectivity index (χ3n) is 4.24. The van der Waals surface area contributed by atoms with Crippen LogP contribution in [0.2, 0.25) is 0 Å². The van der Waals surface area contributed by atoms with Crippen LogP contribution in [0.1, 0.15) is 15.9 Å². The quantitative estimate of drug-likeness (QED) is 0.194. The number of anilines is 1. The fraction of sp³-hybridized carbons (Fsp3) is 0.182. The molecule has 0 aliphatic heterocycles. The van der Waals surface area contributed by atoms with Gasteiger partial charge in [-0.2, -0.15) is 0 Å². The van der Waals surface area contributed by atoms with Gasteiger partial charge >= 0.3 is 0 Å². The molecule has 33 heavy (non-hydrogen) atoms. The van der Waals surface area contributed by atoms with E-state index in [1.165, 1.54) is 63.4 Å². The molecule has 3 aromatic rings. The molecule has 0 radical (unpaired) electrons. The molecule has 1 N–H and O–H groups in total.